The average Bonchev–Trinajstić information content (AvgIpc) is 2.36. The lowest BCUT2D eigenvalue weighted by atomic mass is 10.2. The molecule has 4 heteroatoms. The zero-order valence-corrected chi connectivity index (χ0v) is 11.7. The quantitative estimate of drug-likeness (QED) is 0.934. The fourth-order valence-corrected chi connectivity index (χ4v) is 2.01. The third kappa shape index (κ3) is 3.62. The lowest BCUT2D eigenvalue weighted by Crippen LogP contribution is -2.13. The predicted octanol–water partition coefficient (Wildman–Crippen LogP) is 3.58. The predicted molar refractivity (Wildman–Crippen MR) is 73.6 cm³/mol. The highest BCUT2D eigenvalue weighted by molar-refractivity contribution is 9.10. The third-order valence-electron chi connectivity index (χ3n) is 2.62. The van der Waals surface area contributed by atoms with E-state index >= 15 is 0 Å². The van der Waals surface area contributed by atoms with Gasteiger partial charge in [0.2, 0.25) is 0 Å². The van der Waals surface area contributed by atoms with E-state index in [4.69, 9.17) is 0 Å². The first-order chi connectivity index (χ1) is 8.65. The minimum absolute atomic E-state index is 0.216. The van der Waals surface area contributed by atoms with Crippen molar-refractivity contribution in [1.29, 1.82) is 0 Å². The second kappa shape index (κ2) is 6.07. The fourth-order valence-electron chi connectivity index (χ4n) is 1.62. The van der Waals surface area contributed by atoms with E-state index in [0.29, 0.717) is 6.54 Å². The molecule has 18 heavy (non-hydrogen) atoms. The molecule has 0 aliphatic carbocycles. The number of nitrogens with zero attached hydrogens (tertiary/aromatic N) is 1. The van der Waals surface area contributed by atoms with E-state index in [-0.39, 0.29) is 5.82 Å². The Hall–Kier alpha value is -1.26. The second-order valence-electron chi connectivity index (χ2n) is 4.15. The summed E-state index contributed by atoms with van der Waals surface area (Å²) in [6.07, 6.45) is 1.85. The molecule has 0 atom stereocenters. The monoisotopic (exact) mass is 308 g/mol. The first kappa shape index (κ1) is 13.2. The lowest BCUT2D eigenvalue weighted by molar-refractivity contribution is 0.619. The van der Waals surface area contributed by atoms with Crippen LogP contribution in [0.5, 0.6) is 0 Å². The van der Waals surface area contributed by atoms with Crippen LogP contribution in [0.1, 0.15) is 16.8 Å². The van der Waals surface area contributed by atoms with Crippen LogP contribution in [0.25, 0.3) is 0 Å². The second-order valence-corrected chi connectivity index (χ2v) is 5.00. The Morgan fingerprint density at radius 2 is 2.06 bits per heavy atom. The molecule has 0 amide bonds. The molecule has 0 bridgehead atoms. The minimum atomic E-state index is -0.216. The smallest absolute Gasteiger partial charge is 0.123 e. The summed E-state index contributed by atoms with van der Waals surface area (Å²) in [5.41, 5.74) is 3.04. The Kier molecular flexibility index (Phi) is 4.44. The van der Waals surface area contributed by atoms with Crippen LogP contribution >= 0.6 is 15.9 Å². The highest BCUT2D eigenvalue weighted by atomic mass is 79.9. The average molecular weight is 309 g/mol. The Morgan fingerprint density at radius 1 is 1.22 bits per heavy atom. The number of nitrogens with one attached hydrogen (secondary N) is 1. The number of halogens is 2. The van der Waals surface area contributed by atoms with E-state index < -0.39 is 0 Å². The van der Waals surface area contributed by atoms with E-state index in [9.17, 15) is 4.39 Å². The van der Waals surface area contributed by atoms with Crippen molar-refractivity contribution in [1.82, 2.24) is 10.3 Å². The van der Waals surface area contributed by atoms with Crippen molar-refractivity contribution in [2.24, 2.45) is 0 Å². The maximum Gasteiger partial charge on any atom is 0.123 e. The summed E-state index contributed by atoms with van der Waals surface area (Å²) in [6, 6.07) is 8.72. The van der Waals surface area contributed by atoms with Gasteiger partial charge in [0, 0.05) is 29.5 Å². The number of aryl methyl sites for hydroxylation is 1. The Bertz CT molecular complexity index is 526. The highest BCUT2D eigenvalue weighted by Crippen LogP contribution is 2.17. The maximum absolute atomic E-state index is 13.1. The van der Waals surface area contributed by atoms with Gasteiger partial charge in [-0.15, -0.1) is 0 Å². The normalized spacial score (nSPS) is 10.6. The Morgan fingerprint density at radius 3 is 2.78 bits per heavy atom. The zero-order valence-electron chi connectivity index (χ0n) is 10.1. The topological polar surface area (TPSA) is 24.9 Å². The van der Waals surface area contributed by atoms with Gasteiger partial charge in [0.15, 0.2) is 0 Å². The molecule has 0 spiro atoms. The van der Waals surface area contributed by atoms with Gasteiger partial charge in [-0.05, 0) is 42.3 Å². The van der Waals surface area contributed by atoms with E-state index in [1.165, 1.54) is 12.1 Å². The zero-order chi connectivity index (χ0) is 13.0. The molecule has 94 valence electrons. The molecule has 1 N–H and O–H groups in total. The van der Waals surface area contributed by atoms with Crippen LogP contribution in [0.3, 0.4) is 0 Å². The lowest BCUT2D eigenvalue weighted by Gasteiger charge is -2.07. The van der Waals surface area contributed by atoms with Crippen molar-refractivity contribution >= 4 is 15.9 Å². The van der Waals surface area contributed by atoms with Gasteiger partial charge in [-0.1, -0.05) is 22.0 Å². The molecule has 2 rings (SSSR count). The van der Waals surface area contributed by atoms with Crippen molar-refractivity contribution < 1.29 is 4.39 Å². The first-order valence-corrected chi connectivity index (χ1v) is 6.50. The molecular formula is C14H14BrFN2. The number of hydrogen-bond donors (Lipinski definition) is 1. The van der Waals surface area contributed by atoms with E-state index in [1.807, 2.05) is 25.3 Å². The van der Waals surface area contributed by atoms with Crippen molar-refractivity contribution in [2.45, 2.75) is 20.0 Å². The van der Waals surface area contributed by atoms with Crippen LogP contribution in [-0.2, 0) is 13.1 Å². The molecule has 0 aliphatic heterocycles. The largest absolute Gasteiger partial charge is 0.309 e. The van der Waals surface area contributed by atoms with E-state index in [1.54, 1.807) is 6.07 Å². The van der Waals surface area contributed by atoms with E-state index in [2.05, 4.69) is 26.2 Å². The molecule has 0 saturated carbocycles. The number of hydrogen-bond acceptors (Lipinski definition) is 2. The summed E-state index contributed by atoms with van der Waals surface area (Å²) < 4.78 is 14.0. The summed E-state index contributed by atoms with van der Waals surface area (Å²) in [6.45, 7) is 3.30. The molecule has 0 saturated heterocycles. The number of aromatic nitrogens is 1. The number of benzene rings is 1. The van der Waals surface area contributed by atoms with E-state index in [0.717, 1.165) is 27.8 Å². The SMILES string of the molecule is Cc1ccc(CNCc2cc(F)ccc2Br)cn1. The molecule has 1 aromatic carbocycles. The Labute approximate surface area is 114 Å². The molecule has 1 heterocycles. The first-order valence-electron chi connectivity index (χ1n) is 5.71. The van der Waals surface area contributed by atoms with Gasteiger partial charge in [-0.2, -0.15) is 0 Å². The van der Waals surface area contributed by atoms with Crippen molar-refractivity contribution in [3.05, 3.63) is 63.6 Å². The summed E-state index contributed by atoms with van der Waals surface area (Å²) >= 11 is 3.41. The molecule has 1 aromatic heterocycles. The minimum Gasteiger partial charge on any atom is -0.309 e. The van der Waals surface area contributed by atoms with Crippen LogP contribution in [0.15, 0.2) is 41.0 Å². The Balaban J connectivity index is 1.92. The maximum atomic E-state index is 13.1. The van der Waals surface area contributed by atoms with Crippen LogP contribution in [0.2, 0.25) is 0 Å². The molecule has 0 radical (unpaired) electrons. The molecule has 0 aliphatic rings. The van der Waals surface area contributed by atoms with Crippen molar-refractivity contribution in [2.75, 3.05) is 0 Å². The highest BCUT2D eigenvalue weighted by Gasteiger charge is 2.01. The van der Waals surface area contributed by atoms with Crippen molar-refractivity contribution in [3.8, 4) is 0 Å². The summed E-state index contributed by atoms with van der Waals surface area (Å²) in [7, 11) is 0. The summed E-state index contributed by atoms with van der Waals surface area (Å²) in [4.78, 5) is 4.23. The number of rotatable bonds is 4. The van der Waals surface area contributed by atoms with Gasteiger partial charge in [0.1, 0.15) is 5.82 Å². The van der Waals surface area contributed by atoms with Crippen LogP contribution in [0.4, 0.5) is 4.39 Å². The molecular weight excluding hydrogens is 295 g/mol. The van der Waals surface area contributed by atoms with Gasteiger partial charge in [0.25, 0.3) is 0 Å². The van der Waals surface area contributed by atoms with Gasteiger partial charge >= 0.3 is 0 Å². The third-order valence-corrected chi connectivity index (χ3v) is 3.40. The fraction of sp³-hybridized carbons (Fsp3) is 0.214. The molecule has 0 fully saturated rings. The van der Waals surface area contributed by atoms with Gasteiger partial charge in [0.05, 0.1) is 0 Å². The standard InChI is InChI=1S/C14H14BrFN2/c1-10-2-3-11(8-18-10)7-17-9-12-6-13(16)4-5-14(12)15/h2-6,8,17H,7,9H2,1H3. The van der Waals surface area contributed by atoms with Crippen molar-refractivity contribution in [3.63, 3.8) is 0 Å². The summed E-state index contributed by atoms with van der Waals surface area (Å²) in [5.74, 6) is -0.216. The molecule has 2 nitrogen and oxygen atoms in total. The van der Waals surface area contributed by atoms with Crippen LogP contribution < -0.4 is 5.32 Å². The van der Waals surface area contributed by atoms with Crippen LogP contribution in [-0.4, -0.2) is 4.98 Å². The van der Waals surface area contributed by atoms with Crippen LogP contribution in [0, 0.1) is 12.7 Å². The summed E-state index contributed by atoms with van der Waals surface area (Å²) in [5, 5.41) is 3.27. The molecule has 0 unspecified atom stereocenters. The van der Waals surface area contributed by atoms with Gasteiger partial charge < -0.3 is 5.32 Å². The number of pyridine rings is 1. The van der Waals surface area contributed by atoms with Gasteiger partial charge in [-0.3, -0.25) is 4.98 Å². The van der Waals surface area contributed by atoms with Gasteiger partial charge in [-0.25, -0.2) is 4.39 Å². The molecule has 2 aromatic rings.